The maximum atomic E-state index is 14.2. The van der Waals surface area contributed by atoms with Gasteiger partial charge in [0.25, 0.3) is 0 Å². The number of β-amino-alcohol motifs (C(OH)–C–C–N with tert-alkyl or cyclic N) is 1. The molecule has 1 amide bonds. The van der Waals surface area contributed by atoms with Crippen molar-refractivity contribution in [3.8, 4) is 0 Å². The van der Waals surface area contributed by atoms with Gasteiger partial charge in [0.2, 0.25) is 5.91 Å². The zero-order valence-electron chi connectivity index (χ0n) is 12.2. The second kappa shape index (κ2) is 6.28. The van der Waals surface area contributed by atoms with Crippen LogP contribution in [0, 0.1) is 5.82 Å². The Bertz CT molecular complexity index is 653. The number of hydrogen-bond acceptors (Lipinski definition) is 2. The van der Waals surface area contributed by atoms with Gasteiger partial charge in [-0.1, -0.05) is 48.5 Å². The van der Waals surface area contributed by atoms with Crippen LogP contribution in [0.1, 0.15) is 23.5 Å². The molecule has 1 aliphatic rings. The molecule has 1 N–H and O–H groups in total. The van der Waals surface area contributed by atoms with Crippen LogP contribution in [0.3, 0.4) is 0 Å². The second-order valence-corrected chi connectivity index (χ2v) is 5.64. The van der Waals surface area contributed by atoms with Crippen LogP contribution in [0.15, 0.2) is 54.6 Å². The quantitative estimate of drug-likeness (QED) is 0.942. The van der Waals surface area contributed by atoms with Crippen LogP contribution in [0.4, 0.5) is 4.39 Å². The molecule has 0 bridgehead atoms. The summed E-state index contributed by atoms with van der Waals surface area (Å²) in [6.45, 7) is 0.745. The number of carbonyl (C=O) groups excluding carboxylic acids is 1. The molecule has 0 spiro atoms. The minimum atomic E-state index is -0.424. The maximum absolute atomic E-state index is 14.2. The van der Waals surface area contributed by atoms with Crippen LogP contribution in [0.2, 0.25) is 0 Å². The predicted octanol–water partition coefficient (Wildman–Crippen LogP) is 2.55. The van der Waals surface area contributed by atoms with Gasteiger partial charge in [-0.05, 0) is 17.2 Å². The fourth-order valence-electron chi connectivity index (χ4n) is 2.81. The lowest BCUT2D eigenvalue weighted by Gasteiger charge is -2.36. The first-order chi connectivity index (χ1) is 10.6. The van der Waals surface area contributed by atoms with Crippen molar-refractivity contribution in [1.29, 1.82) is 0 Å². The second-order valence-electron chi connectivity index (χ2n) is 5.64. The molecule has 0 radical (unpaired) electrons. The van der Waals surface area contributed by atoms with E-state index >= 15 is 0 Å². The summed E-state index contributed by atoms with van der Waals surface area (Å²) in [4.78, 5) is 13.9. The molecule has 2 aromatic carbocycles. The molecule has 0 aliphatic carbocycles. The van der Waals surface area contributed by atoms with E-state index in [2.05, 4.69) is 0 Å². The standard InChI is InChI=1S/C18H18FNO2/c19-17-9-5-4-8-15(17)16(13-6-2-1-3-7-13)10-18(22)20-11-14(21)12-20/h1-9,14,16,21H,10-12H2/t16-/m1/s1. The molecule has 3 nitrogen and oxygen atoms in total. The Labute approximate surface area is 129 Å². The van der Waals surface area contributed by atoms with Gasteiger partial charge in [-0.2, -0.15) is 0 Å². The number of carbonyl (C=O) groups is 1. The lowest BCUT2D eigenvalue weighted by molar-refractivity contribution is -0.141. The molecule has 1 heterocycles. The van der Waals surface area contributed by atoms with Gasteiger partial charge in [-0.15, -0.1) is 0 Å². The first-order valence-corrected chi connectivity index (χ1v) is 7.40. The molecule has 1 aliphatic heterocycles. The van der Waals surface area contributed by atoms with Crippen molar-refractivity contribution in [2.24, 2.45) is 0 Å². The lowest BCUT2D eigenvalue weighted by atomic mass is 9.87. The van der Waals surface area contributed by atoms with E-state index in [1.165, 1.54) is 6.07 Å². The number of likely N-dealkylation sites (tertiary alicyclic amines) is 1. The SMILES string of the molecule is O=C(C[C@H](c1ccccc1)c1ccccc1F)N1CC(O)C1. The van der Waals surface area contributed by atoms with Crippen LogP contribution in [-0.2, 0) is 4.79 Å². The number of benzene rings is 2. The van der Waals surface area contributed by atoms with Gasteiger partial charge in [0, 0.05) is 25.4 Å². The number of aliphatic hydroxyl groups is 1. The normalized spacial score (nSPS) is 16.2. The minimum Gasteiger partial charge on any atom is -0.389 e. The number of hydrogen-bond donors (Lipinski definition) is 1. The Kier molecular flexibility index (Phi) is 4.20. The van der Waals surface area contributed by atoms with E-state index < -0.39 is 6.10 Å². The highest BCUT2D eigenvalue weighted by Crippen LogP contribution is 2.31. The van der Waals surface area contributed by atoms with E-state index in [1.807, 2.05) is 30.3 Å². The average Bonchev–Trinajstić information content (AvgIpc) is 2.51. The van der Waals surface area contributed by atoms with Crippen molar-refractivity contribution in [3.05, 3.63) is 71.5 Å². The fraction of sp³-hybridized carbons (Fsp3) is 0.278. The van der Waals surface area contributed by atoms with E-state index in [9.17, 15) is 14.3 Å². The van der Waals surface area contributed by atoms with Gasteiger partial charge in [0.1, 0.15) is 5.82 Å². The molecule has 0 unspecified atom stereocenters. The zero-order valence-corrected chi connectivity index (χ0v) is 12.2. The van der Waals surface area contributed by atoms with Crippen molar-refractivity contribution >= 4 is 5.91 Å². The van der Waals surface area contributed by atoms with E-state index in [1.54, 1.807) is 23.1 Å². The fourth-order valence-corrected chi connectivity index (χ4v) is 2.81. The van der Waals surface area contributed by atoms with Gasteiger partial charge in [-0.3, -0.25) is 4.79 Å². The Morgan fingerprint density at radius 2 is 1.77 bits per heavy atom. The van der Waals surface area contributed by atoms with Crippen LogP contribution in [0.5, 0.6) is 0 Å². The Morgan fingerprint density at radius 1 is 1.14 bits per heavy atom. The van der Waals surface area contributed by atoms with Crippen LogP contribution < -0.4 is 0 Å². The van der Waals surface area contributed by atoms with Crippen LogP contribution in [-0.4, -0.2) is 35.1 Å². The first-order valence-electron chi connectivity index (χ1n) is 7.40. The zero-order chi connectivity index (χ0) is 15.5. The third kappa shape index (κ3) is 3.02. The highest BCUT2D eigenvalue weighted by molar-refractivity contribution is 5.78. The molecule has 0 saturated carbocycles. The molecular formula is C18H18FNO2. The monoisotopic (exact) mass is 299 g/mol. The van der Waals surface area contributed by atoms with Gasteiger partial charge in [0.05, 0.1) is 6.10 Å². The summed E-state index contributed by atoms with van der Waals surface area (Å²) in [5.74, 6) is -0.664. The molecule has 3 rings (SSSR count). The molecule has 22 heavy (non-hydrogen) atoms. The highest BCUT2D eigenvalue weighted by Gasteiger charge is 2.31. The Hall–Kier alpha value is -2.20. The summed E-state index contributed by atoms with van der Waals surface area (Å²) in [6.07, 6.45) is -0.218. The lowest BCUT2D eigenvalue weighted by Crippen LogP contribution is -2.53. The summed E-state index contributed by atoms with van der Waals surface area (Å²) < 4.78 is 14.2. The third-order valence-corrected chi connectivity index (χ3v) is 4.08. The first kappa shape index (κ1) is 14.7. The number of halogens is 1. The highest BCUT2D eigenvalue weighted by atomic mass is 19.1. The largest absolute Gasteiger partial charge is 0.389 e. The van der Waals surface area contributed by atoms with Crippen molar-refractivity contribution < 1.29 is 14.3 Å². The van der Waals surface area contributed by atoms with Gasteiger partial charge in [-0.25, -0.2) is 4.39 Å². The summed E-state index contributed by atoms with van der Waals surface area (Å²) >= 11 is 0. The van der Waals surface area contributed by atoms with Crippen molar-refractivity contribution in [2.45, 2.75) is 18.4 Å². The molecule has 1 saturated heterocycles. The van der Waals surface area contributed by atoms with Crippen LogP contribution >= 0.6 is 0 Å². The van der Waals surface area contributed by atoms with E-state index in [0.717, 1.165) is 5.56 Å². The van der Waals surface area contributed by atoms with Gasteiger partial charge in [0.15, 0.2) is 0 Å². The maximum Gasteiger partial charge on any atom is 0.223 e. The molecule has 0 aromatic heterocycles. The summed E-state index contributed by atoms with van der Waals surface area (Å²) in [5, 5.41) is 9.33. The molecular weight excluding hydrogens is 281 g/mol. The summed E-state index contributed by atoms with van der Waals surface area (Å²) in [5.41, 5.74) is 1.45. The topological polar surface area (TPSA) is 40.5 Å². The number of amides is 1. The van der Waals surface area contributed by atoms with Gasteiger partial charge >= 0.3 is 0 Å². The predicted molar refractivity (Wildman–Crippen MR) is 81.9 cm³/mol. The van der Waals surface area contributed by atoms with E-state index in [-0.39, 0.29) is 24.1 Å². The van der Waals surface area contributed by atoms with Crippen molar-refractivity contribution in [2.75, 3.05) is 13.1 Å². The molecule has 4 heteroatoms. The molecule has 1 atom stereocenters. The van der Waals surface area contributed by atoms with Crippen molar-refractivity contribution in [3.63, 3.8) is 0 Å². The minimum absolute atomic E-state index is 0.0533. The van der Waals surface area contributed by atoms with Gasteiger partial charge < -0.3 is 10.0 Å². The Balaban J connectivity index is 1.87. The average molecular weight is 299 g/mol. The summed E-state index contributed by atoms with van der Waals surface area (Å²) in [7, 11) is 0. The number of nitrogens with zero attached hydrogens (tertiary/aromatic N) is 1. The molecule has 2 aromatic rings. The number of aliphatic hydroxyl groups excluding tert-OH is 1. The third-order valence-electron chi connectivity index (χ3n) is 4.08. The number of rotatable bonds is 4. The molecule has 114 valence electrons. The molecule has 1 fully saturated rings. The van der Waals surface area contributed by atoms with E-state index in [0.29, 0.717) is 18.7 Å². The van der Waals surface area contributed by atoms with E-state index in [4.69, 9.17) is 0 Å². The van der Waals surface area contributed by atoms with Crippen LogP contribution in [0.25, 0.3) is 0 Å². The summed E-state index contributed by atoms with van der Waals surface area (Å²) in [6, 6.07) is 16.1. The Morgan fingerprint density at radius 3 is 2.41 bits per heavy atom. The van der Waals surface area contributed by atoms with Crippen molar-refractivity contribution in [1.82, 2.24) is 4.90 Å². The smallest absolute Gasteiger partial charge is 0.223 e.